The zero-order valence-corrected chi connectivity index (χ0v) is 16.0. The molecule has 0 spiro atoms. The van der Waals surface area contributed by atoms with Crippen molar-refractivity contribution in [2.75, 3.05) is 31.1 Å². The van der Waals surface area contributed by atoms with Crippen LogP contribution in [0.3, 0.4) is 0 Å². The molecule has 0 atom stereocenters. The Morgan fingerprint density at radius 1 is 1.00 bits per heavy atom. The van der Waals surface area contributed by atoms with Gasteiger partial charge in [0.25, 0.3) is 0 Å². The normalized spacial score (nSPS) is 15.2. The number of fused-ring (bicyclic) bond motifs is 1. The first-order valence-corrected chi connectivity index (χ1v) is 9.34. The van der Waals surface area contributed by atoms with E-state index in [2.05, 4.69) is 62.2 Å². The van der Waals surface area contributed by atoms with Crippen LogP contribution in [0.1, 0.15) is 36.8 Å². The number of anilines is 1. The Kier molecular flexibility index (Phi) is 4.36. The van der Waals surface area contributed by atoms with Gasteiger partial charge in [-0.1, -0.05) is 31.5 Å². The van der Waals surface area contributed by atoms with Gasteiger partial charge in [0.2, 0.25) is 0 Å². The Hall–Kier alpha value is -2.47. The Morgan fingerprint density at radius 3 is 2.35 bits per heavy atom. The molecule has 0 aliphatic carbocycles. The van der Waals surface area contributed by atoms with Gasteiger partial charge in [-0.05, 0) is 26.0 Å². The van der Waals surface area contributed by atoms with E-state index in [1.165, 1.54) is 5.56 Å². The summed E-state index contributed by atoms with van der Waals surface area (Å²) in [5, 5.41) is 9.30. The quantitative estimate of drug-likeness (QED) is 0.787. The van der Waals surface area contributed by atoms with E-state index in [-0.39, 0.29) is 5.92 Å². The van der Waals surface area contributed by atoms with Crippen LogP contribution in [0.15, 0.2) is 24.3 Å². The molecule has 1 aromatic carbocycles. The predicted molar refractivity (Wildman–Crippen MR) is 105 cm³/mol. The molecule has 3 heterocycles. The zero-order valence-electron chi connectivity index (χ0n) is 16.0. The molecule has 4 rings (SSSR count). The summed E-state index contributed by atoms with van der Waals surface area (Å²) in [6, 6.07) is 8.42. The minimum atomic E-state index is 0.266. The van der Waals surface area contributed by atoms with Crippen LogP contribution in [-0.2, 0) is 0 Å². The second-order valence-corrected chi connectivity index (χ2v) is 7.33. The number of nitrogens with zero attached hydrogens (tertiary/aromatic N) is 5. The minimum Gasteiger partial charge on any atom is -0.353 e. The maximum Gasteiger partial charge on any atom is 0.169 e. The van der Waals surface area contributed by atoms with E-state index < -0.39 is 0 Å². The lowest BCUT2D eigenvalue weighted by atomic mass is 10.2. The summed E-state index contributed by atoms with van der Waals surface area (Å²) < 4.78 is 1.96. The third kappa shape index (κ3) is 2.94. The Labute approximate surface area is 154 Å². The van der Waals surface area contributed by atoms with Gasteiger partial charge >= 0.3 is 0 Å². The van der Waals surface area contributed by atoms with E-state index >= 15 is 0 Å². The zero-order chi connectivity index (χ0) is 18.3. The number of aromatic nitrogens is 4. The van der Waals surface area contributed by atoms with Crippen LogP contribution in [-0.4, -0.2) is 45.9 Å². The van der Waals surface area contributed by atoms with Gasteiger partial charge in [0.05, 0.1) is 16.8 Å². The second-order valence-electron chi connectivity index (χ2n) is 7.33. The number of nitrogens with one attached hydrogen (secondary N) is 1. The van der Waals surface area contributed by atoms with Crippen molar-refractivity contribution < 1.29 is 0 Å². The summed E-state index contributed by atoms with van der Waals surface area (Å²) in [5.41, 5.74) is 4.15. The molecule has 136 valence electrons. The van der Waals surface area contributed by atoms with Crippen molar-refractivity contribution in [1.29, 1.82) is 0 Å². The summed E-state index contributed by atoms with van der Waals surface area (Å²) in [7, 11) is 0. The fourth-order valence-corrected chi connectivity index (χ4v) is 3.41. The lowest BCUT2D eigenvalue weighted by Gasteiger charge is -2.29. The maximum absolute atomic E-state index is 4.94. The molecule has 1 aliphatic heterocycles. The fraction of sp³-hybridized carbons (Fsp3) is 0.450. The summed E-state index contributed by atoms with van der Waals surface area (Å²) in [6.45, 7) is 12.3. The molecule has 26 heavy (non-hydrogen) atoms. The van der Waals surface area contributed by atoms with E-state index in [0.29, 0.717) is 0 Å². The first-order valence-electron chi connectivity index (χ1n) is 9.34. The van der Waals surface area contributed by atoms with E-state index in [4.69, 9.17) is 15.1 Å². The van der Waals surface area contributed by atoms with E-state index in [1.807, 2.05) is 4.68 Å². The highest BCUT2D eigenvalue weighted by Gasteiger charge is 2.23. The van der Waals surface area contributed by atoms with Gasteiger partial charge < -0.3 is 10.2 Å². The van der Waals surface area contributed by atoms with Gasteiger partial charge in [0, 0.05) is 32.1 Å². The molecule has 0 amide bonds. The molecule has 6 heteroatoms. The van der Waals surface area contributed by atoms with Crippen molar-refractivity contribution in [3.8, 4) is 5.69 Å². The van der Waals surface area contributed by atoms with Gasteiger partial charge in [-0.3, -0.25) is 0 Å². The lowest BCUT2D eigenvalue weighted by molar-refractivity contribution is 0.584. The standard InChI is InChI=1S/C20H26N6/c1-13(2)18-22-19(25-11-9-21-10-12-25)17-15(4)24-26(20(17)23-18)16-7-5-14(3)6-8-16/h5-8,13,21H,9-12H2,1-4H3. The number of hydrogen-bond donors (Lipinski definition) is 1. The van der Waals surface area contributed by atoms with E-state index in [9.17, 15) is 0 Å². The monoisotopic (exact) mass is 350 g/mol. The number of hydrogen-bond acceptors (Lipinski definition) is 5. The summed E-state index contributed by atoms with van der Waals surface area (Å²) >= 11 is 0. The van der Waals surface area contributed by atoms with Crippen molar-refractivity contribution in [2.45, 2.75) is 33.6 Å². The Bertz CT molecular complexity index is 920. The van der Waals surface area contributed by atoms with Crippen molar-refractivity contribution in [2.24, 2.45) is 0 Å². The topological polar surface area (TPSA) is 58.9 Å². The fourth-order valence-electron chi connectivity index (χ4n) is 3.41. The third-order valence-electron chi connectivity index (χ3n) is 4.91. The van der Waals surface area contributed by atoms with Crippen LogP contribution in [0, 0.1) is 13.8 Å². The lowest BCUT2D eigenvalue weighted by Crippen LogP contribution is -2.44. The van der Waals surface area contributed by atoms with Gasteiger partial charge in [-0.2, -0.15) is 5.10 Å². The van der Waals surface area contributed by atoms with E-state index in [1.54, 1.807) is 0 Å². The highest BCUT2D eigenvalue weighted by molar-refractivity contribution is 5.91. The molecule has 1 N–H and O–H groups in total. The van der Waals surface area contributed by atoms with E-state index in [0.717, 1.165) is 60.2 Å². The summed E-state index contributed by atoms with van der Waals surface area (Å²) in [4.78, 5) is 12.2. The van der Waals surface area contributed by atoms with Gasteiger partial charge in [0.1, 0.15) is 11.6 Å². The van der Waals surface area contributed by atoms with Crippen LogP contribution in [0.2, 0.25) is 0 Å². The molecule has 1 fully saturated rings. The first-order chi connectivity index (χ1) is 12.5. The Balaban J connectivity index is 1.95. The SMILES string of the molecule is Cc1ccc(-n2nc(C)c3c(N4CCNCC4)nc(C(C)C)nc32)cc1. The molecule has 0 radical (unpaired) electrons. The molecule has 3 aromatic rings. The summed E-state index contributed by atoms with van der Waals surface area (Å²) in [5.74, 6) is 2.16. The van der Waals surface area contributed by atoms with Crippen LogP contribution < -0.4 is 10.2 Å². The minimum absolute atomic E-state index is 0.266. The Morgan fingerprint density at radius 2 is 1.69 bits per heavy atom. The van der Waals surface area contributed by atoms with Crippen molar-refractivity contribution in [1.82, 2.24) is 25.1 Å². The molecule has 0 saturated carbocycles. The molecule has 1 aliphatic rings. The molecule has 0 bridgehead atoms. The van der Waals surface area contributed by atoms with Crippen LogP contribution in [0.4, 0.5) is 5.82 Å². The molecule has 1 saturated heterocycles. The molecule has 2 aromatic heterocycles. The van der Waals surface area contributed by atoms with Crippen molar-refractivity contribution in [3.05, 3.63) is 41.3 Å². The average molecular weight is 350 g/mol. The van der Waals surface area contributed by atoms with Crippen LogP contribution in [0.5, 0.6) is 0 Å². The largest absolute Gasteiger partial charge is 0.353 e. The van der Waals surface area contributed by atoms with Gasteiger partial charge in [-0.15, -0.1) is 0 Å². The summed E-state index contributed by atoms with van der Waals surface area (Å²) in [6.07, 6.45) is 0. The second kappa shape index (κ2) is 6.68. The van der Waals surface area contributed by atoms with Gasteiger partial charge in [-0.25, -0.2) is 14.6 Å². The molecular formula is C20H26N6. The van der Waals surface area contributed by atoms with Crippen molar-refractivity contribution in [3.63, 3.8) is 0 Å². The molecule has 6 nitrogen and oxygen atoms in total. The van der Waals surface area contributed by atoms with Crippen LogP contribution >= 0.6 is 0 Å². The number of piperazine rings is 1. The predicted octanol–water partition coefficient (Wildman–Crippen LogP) is 2.97. The maximum atomic E-state index is 4.94. The van der Waals surface area contributed by atoms with Gasteiger partial charge in [0.15, 0.2) is 5.65 Å². The van der Waals surface area contributed by atoms with Crippen molar-refractivity contribution >= 4 is 16.9 Å². The first kappa shape index (κ1) is 17.0. The highest BCUT2D eigenvalue weighted by Crippen LogP contribution is 2.30. The highest BCUT2D eigenvalue weighted by atomic mass is 15.3. The van der Waals surface area contributed by atoms with Crippen LogP contribution in [0.25, 0.3) is 16.7 Å². The number of aryl methyl sites for hydroxylation is 2. The number of rotatable bonds is 3. The average Bonchev–Trinajstić information content (AvgIpc) is 2.99. The molecule has 0 unspecified atom stereocenters. The smallest absolute Gasteiger partial charge is 0.169 e. The number of benzene rings is 1. The third-order valence-corrected chi connectivity index (χ3v) is 4.91. The molecular weight excluding hydrogens is 324 g/mol.